The van der Waals surface area contributed by atoms with E-state index in [1.807, 2.05) is 12.1 Å². The van der Waals surface area contributed by atoms with Crippen molar-refractivity contribution >= 4 is 104 Å². The molecule has 4 aromatic carbocycles. The lowest BCUT2D eigenvalue weighted by Gasteiger charge is -2.30. The van der Waals surface area contributed by atoms with Gasteiger partial charge in [0.2, 0.25) is 65.0 Å². The van der Waals surface area contributed by atoms with Gasteiger partial charge in [0.25, 0.3) is 0 Å². The van der Waals surface area contributed by atoms with Crippen LogP contribution in [0, 0.1) is 5.92 Å². The maximum Gasteiger partial charge on any atom is 0.245 e. The van der Waals surface area contributed by atoms with Crippen molar-refractivity contribution in [2.45, 2.75) is 146 Å². The number of carbonyl (C=O) groups excluding carboxylic acids is 11. The zero-order chi connectivity index (χ0) is 71.4. The van der Waals surface area contributed by atoms with Gasteiger partial charge in [-0.1, -0.05) is 86.1 Å². The van der Waals surface area contributed by atoms with Crippen molar-refractivity contribution in [3.05, 3.63) is 137 Å². The standard InChI is InChI=1S/C69H87ClN16O13/c1-38(2)29-51(60(91)78-50(15-8-26-74-69(72)73)68(99)86-28-10-16-57(86)66(97)77-36-59(71)90)79-63(94)54(32-42-34-75-48-13-6-4-11-46(42)48)81-61(92)52(31-41-20-24-45(89)25-21-41)80-65(96)56(37-87)84-64(95)55(33-43-35-76-49-14-7-5-12-47(43)49)82-62(93)53(30-40-18-22-44(70)23-19-40)83-67(98)58-17-9-27-85(58)39(3)88/h4-7,11-14,18-25,34-35,38,50-58,75-76,87,89H,8-10,15-17,26-33,36-37H2,1-3H3,(H2,71,90)(H,77,97)(H,78,91)(H,79,94)(H,80,96)(H,81,92)(H,82,93)(H,83,98)(H,84,95)(H4,72,73,74)/t50-,51-,52-,53-,54-,55-,56-,57-,58-/m0/s1. The van der Waals surface area contributed by atoms with Gasteiger partial charge in [-0.05, 0) is 110 Å². The van der Waals surface area contributed by atoms with E-state index < -0.39 is 127 Å². The van der Waals surface area contributed by atoms with Gasteiger partial charge < -0.3 is 89.7 Å². The fraction of sp³-hybridized carbons (Fsp3) is 0.420. The molecule has 2 aromatic heterocycles. The number of phenolic OH excluding ortho intramolecular Hbond substituents is 1. The Bertz CT molecular complexity index is 3910. The van der Waals surface area contributed by atoms with Gasteiger partial charge in [-0.3, -0.25) is 57.7 Å². The minimum absolute atomic E-state index is 0.0104. The van der Waals surface area contributed by atoms with E-state index in [2.05, 4.69) is 57.5 Å². The number of aliphatic imine (C=N–C) groups is 1. The number of primary amides is 1. The van der Waals surface area contributed by atoms with E-state index in [4.69, 9.17) is 28.8 Å². The SMILES string of the molecule is CC(=O)N1CCC[C@H]1C(=O)N[C@@H](Cc1ccc(Cl)cc1)C(=O)N[C@@H](Cc1c[nH]c2ccccc12)C(=O)N[C@@H](CO)C(=O)N[C@@H](Cc1ccc(O)cc1)C(=O)N[C@@H](Cc1c[nH]c2ccccc12)C(=O)N[C@@H](CC(C)C)C(=O)N[C@@H](CCCN=C(N)N)C(=O)N1CCC[C@H]1C(=O)NCC(N)=O. The number of nitrogens with two attached hydrogens (primary N) is 3. The topological polar surface area (TPSA) is 453 Å². The third kappa shape index (κ3) is 20.7. The summed E-state index contributed by atoms with van der Waals surface area (Å²) in [5, 5.41) is 44.7. The number of aliphatic hydroxyl groups is 1. The number of halogens is 1. The quantitative estimate of drug-likeness (QED) is 0.0150. The Morgan fingerprint density at radius 2 is 1.01 bits per heavy atom. The number of guanidine groups is 1. The number of hydrogen-bond donors (Lipinski definition) is 15. The molecule has 0 saturated carbocycles. The molecule has 0 aliphatic carbocycles. The van der Waals surface area contributed by atoms with Crippen LogP contribution in [-0.4, -0.2) is 188 Å². The summed E-state index contributed by atoms with van der Waals surface area (Å²) in [6.45, 7) is 4.02. The van der Waals surface area contributed by atoms with Crippen LogP contribution in [0.15, 0.2) is 114 Å². The number of aromatic hydroxyl groups is 1. The number of aromatic amines is 2. The molecule has 99 heavy (non-hydrogen) atoms. The molecule has 4 heterocycles. The number of amides is 11. The number of aliphatic hydroxyl groups excluding tert-OH is 1. The molecule has 11 amide bonds. The van der Waals surface area contributed by atoms with Crippen LogP contribution >= 0.6 is 11.6 Å². The predicted molar refractivity (Wildman–Crippen MR) is 368 cm³/mol. The fourth-order valence-electron chi connectivity index (χ4n) is 12.4. The van der Waals surface area contributed by atoms with Gasteiger partial charge in [0.05, 0.1) is 13.2 Å². The first-order chi connectivity index (χ1) is 47.3. The van der Waals surface area contributed by atoms with Crippen molar-refractivity contribution in [2.75, 3.05) is 32.8 Å². The van der Waals surface area contributed by atoms with Crippen LogP contribution < -0.4 is 59.7 Å². The highest BCUT2D eigenvalue weighted by molar-refractivity contribution is 6.30. The van der Waals surface area contributed by atoms with Gasteiger partial charge in [-0.25, -0.2) is 0 Å². The Morgan fingerprint density at radius 1 is 0.566 bits per heavy atom. The van der Waals surface area contributed by atoms with Crippen LogP contribution in [0.25, 0.3) is 21.8 Å². The van der Waals surface area contributed by atoms with Crippen molar-refractivity contribution in [1.82, 2.24) is 62.3 Å². The number of likely N-dealkylation sites (tertiary alicyclic amines) is 2. The van der Waals surface area contributed by atoms with Gasteiger partial charge in [-0.2, -0.15) is 0 Å². The number of hydrogen-bond acceptors (Lipinski definition) is 14. The zero-order valence-electron chi connectivity index (χ0n) is 55.3. The van der Waals surface area contributed by atoms with Gasteiger partial charge in [-0.15, -0.1) is 0 Å². The molecule has 18 N–H and O–H groups in total. The smallest absolute Gasteiger partial charge is 0.245 e. The average Bonchev–Trinajstić information content (AvgIpc) is 1.76. The zero-order valence-corrected chi connectivity index (χ0v) is 56.1. The normalized spacial score (nSPS) is 16.5. The second kappa shape index (κ2) is 35.1. The number of aromatic nitrogens is 2. The van der Waals surface area contributed by atoms with Gasteiger partial charge in [0, 0.05) is 91.5 Å². The molecule has 2 aliphatic rings. The van der Waals surface area contributed by atoms with Crippen LogP contribution in [0.1, 0.15) is 88.0 Å². The van der Waals surface area contributed by atoms with Gasteiger partial charge in [0.15, 0.2) is 5.96 Å². The highest BCUT2D eigenvalue weighted by Crippen LogP contribution is 2.25. The molecule has 0 radical (unpaired) electrons. The van der Waals surface area contributed by atoms with E-state index in [-0.39, 0.29) is 88.0 Å². The van der Waals surface area contributed by atoms with Crippen molar-refractivity contribution in [3.63, 3.8) is 0 Å². The molecule has 2 aliphatic heterocycles. The predicted octanol–water partition coefficient (Wildman–Crippen LogP) is 0.368. The molecular weight excluding hydrogens is 1300 g/mol. The summed E-state index contributed by atoms with van der Waals surface area (Å²) in [4.78, 5) is 168. The van der Waals surface area contributed by atoms with Crippen molar-refractivity contribution < 1.29 is 63.0 Å². The maximum atomic E-state index is 15.2. The summed E-state index contributed by atoms with van der Waals surface area (Å²) in [7, 11) is 0. The number of carbonyl (C=O) groups is 11. The first-order valence-electron chi connectivity index (χ1n) is 32.9. The summed E-state index contributed by atoms with van der Waals surface area (Å²) in [6.07, 6.45) is 4.35. The summed E-state index contributed by atoms with van der Waals surface area (Å²) < 4.78 is 0. The molecular formula is C69H87ClN16O13. The van der Waals surface area contributed by atoms with Crippen molar-refractivity contribution in [1.29, 1.82) is 0 Å². The number of nitrogens with one attached hydrogen (secondary N) is 10. The van der Waals surface area contributed by atoms with Gasteiger partial charge in [0.1, 0.15) is 60.1 Å². The van der Waals surface area contributed by atoms with Crippen LogP contribution in [0.3, 0.4) is 0 Å². The van der Waals surface area contributed by atoms with E-state index in [9.17, 15) is 53.4 Å². The molecule has 30 heteroatoms. The van der Waals surface area contributed by atoms with Gasteiger partial charge >= 0.3 is 0 Å². The highest BCUT2D eigenvalue weighted by atomic mass is 35.5. The molecule has 2 fully saturated rings. The minimum atomic E-state index is -1.81. The number of fused-ring (bicyclic) bond motifs is 2. The Hall–Kier alpha value is -10.5. The van der Waals surface area contributed by atoms with E-state index in [0.29, 0.717) is 74.9 Å². The minimum Gasteiger partial charge on any atom is -0.508 e. The molecule has 29 nitrogen and oxygen atoms in total. The maximum absolute atomic E-state index is 15.2. The Labute approximate surface area is 576 Å². The number of rotatable bonds is 33. The Balaban J connectivity index is 1.06. The van der Waals surface area contributed by atoms with E-state index >= 15 is 9.59 Å². The van der Waals surface area contributed by atoms with Crippen LogP contribution in [-0.2, 0) is 78.4 Å². The molecule has 528 valence electrons. The lowest BCUT2D eigenvalue weighted by atomic mass is 9.99. The molecule has 8 rings (SSSR count). The number of para-hydroxylation sites is 2. The van der Waals surface area contributed by atoms with Crippen LogP contribution in [0.5, 0.6) is 5.75 Å². The van der Waals surface area contributed by atoms with Crippen LogP contribution in [0.2, 0.25) is 5.02 Å². The van der Waals surface area contributed by atoms with Crippen molar-refractivity contribution in [3.8, 4) is 5.75 Å². The Kier molecular flexibility index (Phi) is 26.3. The molecule has 6 aromatic rings. The van der Waals surface area contributed by atoms with E-state index in [0.717, 1.165) is 0 Å². The summed E-state index contributed by atoms with van der Waals surface area (Å²) in [5.74, 6) is -8.94. The second-order valence-electron chi connectivity index (χ2n) is 25.3. The lowest BCUT2D eigenvalue weighted by molar-refractivity contribution is -0.142. The number of benzene rings is 4. The summed E-state index contributed by atoms with van der Waals surface area (Å²) in [6, 6.07) is 14.4. The number of nitrogens with zero attached hydrogens (tertiary/aromatic N) is 3. The first-order valence-corrected chi connectivity index (χ1v) is 33.3. The highest BCUT2D eigenvalue weighted by Gasteiger charge is 2.41. The van der Waals surface area contributed by atoms with Crippen molar-refractivity contribution in [2.24, 2.45) is 28.1 Å². The summed E-state index contributed by atoms with van der Waals surface area (Å²) >= 11 is 6.21. The molecule has 0 bridgehead atoms. The average molecular weight is 1380 g/mol. The molecule has 9 atom stereocenters. The van der Waals surface area contributed by atoms with E-state index in [1.165, 1.54) is 41.0 Å². The third-order valence-electron chi connectivity index (χ3n) is 17.4. The number of phenols is 1. The summed E-state index contributed by atoms with van der Waals surface area (Å²) in [5.41, 5.74) is 20.0. The third-order valence-corrected chi connectivity index (χ3v) is 17.7. The lowest BCUT2D eigenvalue weighted by Crippen LogP contribution is -2.61. The Morgan fingerprint density at radius 3 is 1.52 bits per heavy atom. The monoisotopic (exact) mass is 1380 g/mol. The molecule has 2 saturated heterocycles. The van der Waals surface area contributed by atoms with E-state index in [1.54, 1.807) is 86.9 Å². The second-order valence-corrected chi connectivity index (χ2v) is 25.7. The largest absolute Gasteiger partial charge is 0.508 e. The molecule has 0 unspecified atom stereocenters. The number of H-pyrrole nitrogens is 2. The fourth-order valence-corrected chi connectivity index (χ4v) is 12.5. The van der Waals surface area contributed by atoms with Crippen LogP contribution in [0.4, 0.5) is 0 Å². The first kappa shape index (κ1) is 74.2. The molecule has 0 spiro atoms.